The van der Waals surface area contributed by atoms with E-state index in [9.17, 15) is 34.2 Å². The summed E-state index contributed by atoms with van der Waals surface area (Å²) in [6.07, 6.45) is 3.39. The second-order valence-corrected chi connectivity index (χ2v) is 9.50. The van der Waals surface area contributed by atoms with E-state index in [1.807, 2.05) is 0 Å². The molecule has 0 spiro atoms. The highest BCUT2D eigenvalue weighted by molar-refractivity contribution is 5.94. The summed E-state index contributed by atoms with van der Waals surface area (Å²) in [6.45, 7) is 0.350. The molecule has 41 heavy (non-hydrogen) atoms. The van der Waals surface area contributed by atoms with Gasteiger partial charge in [0.2, 0.25) is 17.7 Å². The molecule has 0 radical (unpaired) electrons. The fraction of sp³-hybridized carbons (Fsp3) is 0.462. The van der Waals surface area contributed by atoms with Crippen LogP contribution >= 0.6 is 0 Å². The zero-order valence-electron chi connectivity index (χ0n) is 22.4. The van der Waals surface area contributed by atoms with Crippen molar-refractivity contribution in [2.24, 2.45) is 11.5 Å². The first kappa shape index (κ1) is 32.7. The number of carboxylic acid groups (broad SMARTS) is 2. The molecule has 0 aliphatic rings. The third-order valence-electron chi connectivity index (χ3n) is 6.19. The normalized spacial score (nSPS) is 13.8. The number of benzene rings is 1. The number of aromatic amines is 1. The standard InChI is InChI=1S/C26H37N7O8/c27-10-2-1-3-19(31-23(37)18(28)8-9-22(35)36)24(38)32-20(12-16-13-29-14-30-16)25(39)33-21(26(40)41)11-15-4-6-17(34)7-5-15/h4-7,13-14,18-21,34H,1-3,8-12,27-28H2,(H,29,30)(H,31,37)(H,32,38)(H,33,39)(H,35,36)(H,40,41). The molecular formula is C26H37N7O8. The largest absolute Gasteiger partial charge is 0.508 e. The van der Waals surface area contributed by atoms with Crippen LogP contribution in [0.3, 0.4) is 0 Å². The molecular weight excluding hydrogens is 538 g/mol. The second kappa shape index (κ2) is 16.6. The number of hydrogen-bond donors (Lipinski definition) is 9. The van der Waals surface area contributed by atoms with Gasteiger partial charge >= 0.3 is 11.9 Å². The van der Waals surface area contributed by atoms with Gasteiger partial charge in [0.15, 0.2) is 0 Å². The van der Waals surface area contributed by atoms with Crippen molar-refractivity contribution in [3.63, 3.8) is 0 Å². The average Bonchev–Trinajstić information content (AvgIpc) is 3.44. The van der Waals surface area contributed by atoms with Gasteiger partial charge in [0, 0.05) is 31.2 Å². The summed E-state index contributed by atoms with van der Waals surface area (Å²) in [6, 6.07) is 0.951. The Bertz CT molecular complexity index is 1160. The van der Waals surface area contributed by atoms with Crippen molar-refractivity contribution in [2.45, 2.75) is 69.1 Å². The van der Waals surface area contributed by atoms with Crippen LogP contribution in [0.1, 0.15) is 43.4 Å². The Hall–Kier alpha value is -4.50. The molecule has 224 valence electrons. The molecule has 1 aromatic carbocycles. The average molecular weight is 576 g/mol. The molecule has 0 bridgehead atoms. The number of carbonyl (C=O) groups is 5. The molecule has 0 fully saturated rings. The zero-order chi connectivity index (χ0) is 30.4. The van der Waals surface area contributed by atoms with E-state index in [2.05, 4.69) is 25.9 Å². The van der Waals surface area contributed by atoms with Gasteiger partial charge in [-0.15, -0.1) is 0 Å². The number of H-pyrrole nitrogens is 1. The predicted molar refractivity (Wildman–Crippen MR) is 145 cm³/mol. The zero-order valence-corrected chi connectivity index (χ0v) is 22.4. The predicted octanol–water partition coefficient (Wildman–Crippen LogP) is -1.24. The molecule has 15 heteroatoms. The fourth-order valence-electron chi connectivity index (χ4n) is 3.89. The lowest BCUT2D eigenvalue weighted by molar-refractivity contribution is -0.142. The van der Waals surface area contributed by atoms with E-state index >= 15 is 0 Å². The summed E-state index contributed by atoms with van der Waals surface area (Å²) in [5.41, 5.74) is 12.4. The number of aromatic hydroxyl groups is 1. The SMILES string of the molecule is NCCCCC(NC(=O)C(N)CCC(=O)O)C(=O)NC(Cc1cnc[nH]1)C(=O)NC(Cc1ccc(O)cc1)C(=O)O. The monoisotopic (exact) mass is 575 g/mol. The topological polar surface area (TPSA) is 263 Å². The van der Waals surface area contributed by atoms with Crippen molar-refractivity contribution in [3.8, 4) is 5.75 Å². The van der Waals surface area contributed by atoms with Gasteiger partial charge in [-0.25, -0.2) is 9.78 Å². The molecule has 0 saturated carbocycles. The number of aromatic nitrogens is 2. The van der Waals surface area contributed by atoms with Crippen molar-refractivity contribution >= 4 is 29.7 Å². The number of carbonyl (C=O) groups excluding carboxylic acids is 3. The van der Waals surface area contributed by atoms with E-state index in [4.69, 9.17) is 16.6 Å². The second-order valence-electron chi connectivity index (χ2n) is 9.50. The highest BCUT2D eigenvalue weighted by Gasteiger charge is 2.31. The van der Waals surface area contributed by atoms with Gasteiger partial charge in [-0.1, -0.05) is 12.1 Å². The molecule has 1 aromatic heterocycles. The van der Waals surface area contributed by atoms with Crippen LogP contribution in [0.15, 0.2) is 36.8 Å². The van der Waals surface area contributed by atoms with Gasteiger partial charge in [0.05, 0.1) is 12.4 Å². The fourth-order valence-corrected chi connectivity index (χ4v) is 3.89. The van der Waals surface area contributed by atoms with Crippen LogP contribution in [0.25, 0.3) is 0 Å². The van der Waals surface area contributed by atoms with E-state index in [0.717, 1.165) is 0 Å². The summed E-state index contributed by atoms with van der Waals surface area (Å²) in [5, 5.41) is 35.6. The Morgan fingerprint density at radius 2 is 1.49 bits per heavy atom. The van der Waals surface area contributed by atoms with Crippen molar-refractivity contribution in [1.82, 2.24) is 25.9 Å². The van der Waals surface area contributed by atoms with Gasteiger partial charge in [-0.3, -0.25) is 19.2 Å². The molecule has 0 aliphatic heterocycles. The summed E-state index contributed by atoms with van der Waals surface area (Å²) in [5.74, 6) is -4.66. The van der Waals surface area contributed by atoms with Crippen LogP contribution < -0.4 is 27.4 Å². The number of carboxylic acids is 2. The number of amides is 3. The highest BCUT2D eigenvalue weighted by Crippen LogP contribution is 2.12. The van der Waals surface area contributed by atoms with Crippen molar-refractivity contribution in [1.29, 1.82) is 0 Å². The van der Waals surface area contributed by atoms with E-state index in [1.165, 1.54) is 36.8 Å². The quantitative estimate of drug-likeness (QED) is 0.0949. The Morgan fingerprint density at radius 3 is 2.07 bits per heavy atom. The molecule has 11 N–H and O–H groups in total. The summed E-state index contributed by atoms with van der Waals surface area (Å²) >= 11 is 0. The third-order valence-corrected chi connectivity index (χ3v) is 6.19. The van der Waals surface area contributed by atoms with Gasteiger partial charge in [0.1, 0.15) is 23.9 Å². The number of imidazole rings is 1. The smallest absolute Gasteiger partial charge is 0.326 e. The molecule has 4 unspecified atom stereocenters. The number of unbranched alkanes of at least 4 members (excludes halogenated alkanes) is 1. The number of phenols is 1. The van der Waals surface area contributed by atoms with Crippen molar-refractivity contribution in [2.75, 3.05) is 6.54 Å². The Balaban J connectivity index is 2.19. The van der Waals surface area contributed by atoms with Crippen LogP contribution in [0.4, 0.5) is 0 Å². The highest BCUT2D eigenvalue weighted by atomic mass is 16.4. The molecule has 4 atom stereocenters. The Labute approximate surface area is 236 Å². The van der Waals surface area contributed by atoms with Gasteiger partial charge in [-0.2, -0.15) is 0 Å². The van der Waals surface area contributed by atoms with E-state index < -0.39 is 53.8 Å². The van der Waals surface area contributed by atoms with E-state index in [0.29, 0.717) is 30.6 Å². The van der Waals surface area contributed by atoms with Crippen LogP contribution in [0.5, 0.6) is 5.75 Å². The lowest BCUT2D eigenvalue weighted by Gasteiger charge is -2.25. The minimum atomic E-state index is -1.35. The summed E-state index contributed by atoms with van der Waals surface area (Å²) in [4.78, 5) is 68.7. The lowest BCUT2D eigenvalue weighted by atomic mass is 10.0. The van der Waals surface area contributed by atoms with E-state index in [1.54, 1.807) is 0 Å². The number of nitrogens with one attached hydrogen (secondary N) is 4. The number of aliphatic carboxylic acids is 2. The maximum Gasteiger partial charge on any atom is 0.326 e. The van der Waals surface area contributed by atoms with Crippen LogP contribution in [0, 0.1) is 0 Å². The summed E-state index contributed by atoms with van der Waals surface area (Å²) < 4.78 is 0. The van der Waals surface area contributed by atoms with Crippen LogP contribution in [-0.4, -0.2) is 85.7 Å². The number of hydrogen-bond acceptors (Lipinski definition) is 9. The van der Waals surface area contributed by atoms with Gasteiger partial charge in [-0.05, 0) is 49.9 Å². The van der Waals surface area contributed by atoms with Crippen molar-refractivity contribution in [3.05, 3.63) is 48.0 Å². The van der Waals surface area contributed by atoms with Gasteiger partial charge in [0.25, 0.3) is 0 Å². The number of phenolic OH excluding ortho intramolecular Hbond substituents is 1. The maximum atomic E-state index is 13.3. The third kappa shape index (κ3) is 11.6. The molecule has 15 nitrogen and oxygen atoms in total. The van der Waals surface area contributed by atoms with Gasteiger partial charge < -0.3 is 47.7 Å². The minimum Gasteiger partial charge on any atom is -0.508 e. The van der Waals surface area contributed by atoms with Crippen LogP contribution in [0.2, 0.25) is 0 Å². The molecule has 3 amide bonds. The molecule has 0 saturated heterocycles. The Morgan fingerprint density at radius 1 is 0.854 bits per heavy atom. The first-order valence-corrected chi connectivity index (χ1v) is 13.1. The first-order chi connectivity index (χ1) is 19.5. The minimum absolute atomic E-state index is 0.00273. The van der Waals surface area contributed by atoms with E-state index in [-0.39, 0.29) is 37.9 Å². The first-order valence-electron chi connectivity index (χ1n) is 13.1. The Kier molecular flexibility index (Phi) is 13.2. The number of nitrogens with two attached hydrogens (primary N) is 2. The molecule has 2 aromatic rings. The number of nitrogens with zero attached hydrogens (tertiary/aromatic N) is 1. The maximum absolute atomic E-state index is 13.3. The molecule has 0 aliphatic carbocycles. The van der Waals surface area contributed by atoms with Crippen LogP contribution in [-0.2, 0) is 36.8 Å². The van der Waals surface area contributed by atoms with Crippen molar-refractivity contribution < 1.29 is 39.3 Å². The number of rotatable bonds is 18. The molecule has 1 heterocycles. The molecule has 2 rings (SSSR count). The lowest BCUT2D eigenvalue weighted by Crippen LogP contribution is -2.57. The summed E-state index contributed by atoms with van der Waals surface area (Å²) in [7, 11) is 0.